The van der Waals surface area contributed by atoms with Gasteiger partial charge < -0.3 is 15.3 Å². The Kier molecular flexibility index (Phi) is 13.3. The van der Waals surface area contributed by atoms with Crippen LogP contribution in [0, 0.1) is 18.7 Å². The first-order valence-electron chi connectivity index (χ1n) is 11.5. The van der Waals surface area contributed by atoms with Gasteiger partial charge in [-0.25, -0.2) is 9.37 Å². The highest BCUT2D eigenvalue weighted by Crippen LogP contribution is 2.32. The first-order valence-corrected chi connectivity index (χ1v) is 12.3. The Labute approximate surface area is 231 Å². The second kappa shape index (κ2) is 15.6. The molecule has 1 aromatic heterocycles. The molecule has 0 saturated heterocycles. The Morgan fingerprint density at radius 1 is 1.08 bits per heavy atom. The molecule has 0 atom stereocenters. The number of aromatic nitrogens is 1. The Hall–Kier alpha value is -3.62. The second-order valence-corrected chi connectivity index (χ2v) is 9.05. The molecule has 2 aromatic carbocycles. The summed E-state index contributed by atoms with van der Waals surface area (Å²) in [4.78, 5) is 45.8. The Morgan fingerprint density at radius 3 is 2.18 bits per heavy atom. The predicted molar refractivity (Wildman–Crippen MR) is 149 cm³/mol. The number of nitrogens with zero attached hydrogens (tertiary/aromatic N) is 2. The van der Waals surface area contributed by atoms with Crippen LogP contribution in [0.25, 0.3) is 11.1 Å². The van der Waals surface area contributed by atoms with E-state index in [2.05, 4.69) is 11.9 Å². The van der Waals surface area contributed by atoms with Gasteiger partial charge in [0, 0.05) is 35.0 Å². The standard InChI is InChI=1S/C21H16Cl2FN3O2.C5H10.2CH2O/c1-11-8-13(14-9-12(19(25)28)6-7-15(14)22)10-26-20(11)27(2)21(29)18-16(23)4-3-5-17(18)24;1-2-5-3-4-5;2*1-2/h3-10H,1-2H3,(H2,25,28);5H,2-4H2,1H3;2*1H2. The normalized spacial score (nSPS) is 11.4. The summed E-state index contributed by atoms with van der Waals surface area (Å²) >= 11 is 12.3. The monoisotopic (exact) mass is 561 g/mol. The van der Waals surface area contributed by atoms with E-state index in [-0.39, 0.29) is 10.6 Å². The minimum atomic E-state index is -0.710. The van der Waals surface area contributed by atoms with Gasteiger partial charge in [-0.2, -0.15) is 0 Å². The molecule has 1 fully saturated rings. The molecule has 0 spiro atoms. The first kappa shape index (κ1) is 32.4. The largest absolute Gasteiger partial charge is 0.366 e. The molecule has 7 nitrogen and oxygen atoms in total. The molecular formula is C28H30Cl2FN3O4. The summed E-state index contributed by atoms with van der Waals surface area (Å²) in [7, 11) is 1.49. The Bertz CT molecular complexity index is 1250. The second-order valence-electron chi connectivity index (χ2n) is 8.24. The molecule has 202 valence electrons. The molecule has 0 bridgehead atoms. The van der Waals surface area contributed by atoms with Gasteiger partial charge in [0.2, 0.25) is 5.91 Å². The fraction of sp³-hybridized carbons (Fsp3) is 0.250. The fourth-order valence-corrected chi connectivity index (χ4v) is 3.93. The number of carbonyl (C=O) groups is 4. The van der Waals surface area contributed by atoms with Crippen molar-refractivity contribution < 1.29 is 23.6 Å². The summed E-state index contributed by atoms with van der Waals surface area (Å²) in [6.45, 7) is 8.02. The average Bonchev–Trinajstić information content (AvgIpc) is 3.76. The van der Waals surface area contributed by atoms with Crippen LogP contribution in [0.2, 0.25) is 10.0 Å². The number of hydrogen-bond donors (Lipinski definition) is 1. The SMILES string of the molecule is C=O.C=O.CCC1CC1.Cc1cc(-c2cc(C(N)=O)ccc2Cl)cnc1N(C)C(=O)c1c(F)cccc1Cl. The van der Waals surface area contributed by atoms with Crippen LogP contribution >= 0.6 is 23.2 Å². The maximum absolute atomic E-state index is 14.1. The van der Waals surface area contributed by atoms with Crippen molar-refractivity contribution in [1.82, 2.24) is 4.98 Å². The molecule has 3 aromatic rings. The quantitative estimate of drug-likeness (QED) is 0.392. The van der Waals surface area contributed by atoms with Crippen molar-refractivity contribution in [2.75, 3.05) is 11.9 Å². The molecule has 1 heterocycles. The zero-order valence-corrected chi connectivity index (χ0v) is 23.0. The smallest absolute Gasteiger partial charge is 0.263 e. The highest BCUT2D eigenvalue weighted by molar-refractivity contribution is 6.34. The molecule has 2 amide bonds. The predicted octanol–water partition coefficient (Wildman–Crippen LogP) is 6.32. The van der Waals surface area contributed by atoms with Gasteiger partial charge in [0.1, 0.15) is 25.2 Å². The molecule has 2 N–H and O–H groups in total. The molecule has 1 aliphatic rings. The summed E-state index contributed by atoms with van der Waals surface area (Å²) in [5.41, 5.74) is 7.29. The van der Waals surface area contributed by atoms with Crippen LogP contribution in [0.15, 0.2) is 48.7 Å². The Morgan fingerprint density at radius 2 is 1.71 bits per heavy atom. The van der Waals surface area contributed by atoms with Gasteiger partial charge in [0.15, 0.2) is 0 Å². The van der Waals surface area contributed by atoms with Crippen LogP contribution in [0.4, 0.5) is 10.2 Å². The number of primary amides is 1. The van der Waals surface area contributed by atoms with Crippen LogP contribution in [0.1, 0.15) is 52.5 Å². The molecule has 38 heavy (non-hydrogen) atoms. The molecule has 0 radical (unpaired) electrons. The van der Waals surface area contributed by atoms with E-state index >= 15 is 0 Å². The number of nitrogens with two attached hydrogens (primary N) is 1. The van der Waals surface area contributed by atoms with Gasteiger partial charge in [-0.05, 0) is 54.8 Å². The van der Waals surface area contributed by atoms with E-state index in [1.165, 1.54) is 61.7 Å². The highest BCUT2D eigenvalue weighted by Gasteiger charge is 2.23. The minimum absolute atomic E-state index is 0.0196. The lowest BCUT2D eigenvalue weighted by molar-refractivity contribution is -0.0987. The lowest BCUT2D eigenvalue weighted by atomic mass is 10.0. The van der Waals surface area contributed by atoms with Gasteiger partial charge in [-0.3, -0.25) is 14.5 Å². The number of carbonyl (C=O) groups excluding carboxylic acids is 4. The van der Waals surface area contributed by atoms with E-state index in [0.29, 0.717) is 33.1 Å². The van der Waals surface area contributed by atoms with Crippen LogP contribution in [0.5, 0.6) is 0 Å². The van der Waals surface area contributed by atoms with Crippen molar-refractivity contribution in [1.29, 1.82) is 0 Å². The van der Waals surface area contributed by atoms with Crippen molar-refractivity contribution >= 4 is 54.4 Å². The average molecular weight is 562 g/mol. The molecule has 1 aliphatic carbocycles. The summed E-state index contributed by atoms with van der Waals surface area (Å²) in [5, 5.41) is 0.442. The van der Waals surface area contributed by atoms with E-state index in [9.17, 15) is 14.0 Å². The van der Waals surface area contributed by atoms with E-state index in [1.54, 1.807) is 25.1 Å². The van der Waals surface area contributed by atoms with Gasteiger partial charge in [0.25, 0.3) is 5.91 Å². The zero-order chi connectivity index (χ0) is 29.0. The number of halogens is 3. The van der Waals surface area contributed by atoms with Crippen molar-refractivity contribution in [2.45, 2.75) is 33.1 Å². The third-order valence-electron chi connectivity index (χ3n) is 5.69. The molecule has 4 rings (SSSR count). The van der Waals surface area contributed by atoms with Crippen LogP contribution in [-0.4, -0.2) is 37.4 Å². The van der Waals surface area contributed by atoms with Crippen molar-refractivity contribution in [3.05, 3.63) is 81.2 Å². The summed E-state index contributed by atoms with van der Waals surface area (Å²) in [5.74, 6) is -0.435. The number of anilines is 1. The molecule has 10 heteroatoms. The number of hydrogen-bond acceptors (Lipinski definition) is 5. The molecule has 1 saturated carbocycles. The maximum Gasteiger partial charge on any atom is 0.263 e. The third-order valence-corrected chi connectivity index (χ3v) is 6.33. The van der Waals surface area contributed by atoms with Crippen molar-refractivity contribution in [2.24, 2.45) is 11.7 Å². The number of pyridine rings is 1. The van der Waals surface area contributed by atoms with E-state index in [0.717, 1.165) is 5.92 Å². The zero-order valence-electron chi connectivity index (χ0n) is 21.5. The first-order chi connectivity index (χ1) is 18.1. The van der Waals surface area contributed by atoms with Crippen LogP contribution in [-0.2, 0) is 9.59 Å². The Balaban J connectivity index is 0.000000694. The van der Waals surface area contributed by atoms with E-state index in [1.807, 2.05) is 13.6 Å². The minimum Gasteiger partial charge on any atom is -0.366 e. The van der Waals surface area contributed by atoms with E-state index in [4.69, 9.17) is 38.5 Å². The summed E-state index contributed by atoms with van der Waals surface area (Å²) in [6.07, 6.45) is 5.95. The van der Waals surface area contributed by atoms with Gasteiger partial charge in [-0.15, -0.1) is 0 Å². The van der Waals surface area contributed by atoms with Crippen LogP contribution in [0.3, 0.4) is 0 Å². The fourth-order valence-electron chi connectivity index (χ4n) is 3.46. The topological polar surface area (TPSA) is 110 Å². The van der Waals surface area contributed by atoms with E-state index < -0.39 is 17.6 Å². The lowest BCUT2D eigenvalue weighted by Crippen LogP contribution is -2.29. The number of benzene rings is 2. The van der Waals surface area contributed by atoms with Gasteiger partial charge in [-0.1, -0.05) is 55.5 Å². The van der Waals surface area contributed by atoms with Gasteiger partial charge in [0.05, 0.1) is 10.6 Å². The number of rotatable bonds is 5. The summed E-state index contributed by atoms with van der Waals surface area (Å²) < 4.78 is 14.1. The number of amides is 2. The van der Waals surface area contributed by atoms with Crippen molar-refractivity contribution in [3.63, 3.8) is 0 Å². The molecule has 0 unspecified atom stereocenters. The lowest BCUT2D eigenvalue weighted by Gasteiger charge is -2.20. The maximum atomic E-state index is 14.1. The highest BCUT2D eigenvalue weighted by atomic mass is 35.5. The van der Waals surface area contributed by atoms with Crippen LogP contribution < -0.4 is 10.6 Å². The van der Waals surface area contributed by atoms with Gasteiger partial charge >= 0.3 is 0 Å². The summed E-state index contributed by atoms with van der Waals surface area (Å²) in [6, 6.07) is 10.5. The van der Waals surface area contributed by atoms with Crippen molar-refractivity contribution in [3.8, 4) is 11.1 Å². The third kappa shape index (κ3) is 8.46. The number of aryl methyl sites for hydroxylation is 1. The molecular weight excluding hydrogens is 532 g/mol. The molecule has 0 aliphatic heterocycles.